The Kier molecular flexibility index (Phi) is 7.22. The van der Waals surface area contributed by atoms with Crippen LogP contribution in [0.5, 0.6) is 0 Å². The van der Waals surface area contributed by atoms with E-state index >= 15 is 0 Å². The van der Waals surface area contributed by atoms with Crippen LogP contribution >= 0.6 is 11.8 Å². The number of benzene rings is 3. The molecule has 0 spiro atoms. The van der Waals surface area contributed by atoms with Crippen molar-refractivity contribution in [2.45, 2.75) is 30.1 Å². The third-order valence-electron chi connectivity index (χ3n) is 4.92. The first-order valence-electron chi connectivity index (χ1n) is 10.3. The van der Waals surface area contributed by atoms with Crippen LogP contribution in [0, 0.1) is 12.7 Å². The average Bonchev–Trinajstić information content (AvgIpc) is 3.21. The summed E-state index contributed by atoms with van der Waals surface area (Å²) in [5.41, 5.74) is 3.60. The van der Waals surface area contributed by atoms with Gasteiger partial charge in [-0.25, -0.2) is 17.5 Å². The molecule has 0 radical (unpaired) electrons. The van der Waals surface area contributed by atoms with E-state index < -0.39 is 10.0 Å². The number of rotatable bonds is 9. The minimum Gasteiger partial charge on any atom is -0.273 e. The second-order valence-corrected chi connectivity index (χ2v) is 10.3. The van der Waals surface area contributed by atoms with E-state index in [1.807, 2.05) is 54.0 Å². The average molecular weight is 483 g/mol. The van der Waals surface area contributed by atoms with Crippen LogP contribution in [0.4, 0.5) is 4.39 Å². The Morgan fingerprint density at radius 1 is 0.909 bits per heavy atom. The molecule has 33 heavy (non-hydrogen) atoms. The molecule has 0 saturated heterocycles. The maximum absolute atomic E-state index is 13.2. The lowest BCUT2D eigenvalue weighted by Gasteiger charge is -2.12. The molecule has 1 N–H and O–H groups in total. The molecular formula is C24H23FN4O2S2. The minimum absolute atomic E-state index is 0.00709. The predicted molar refractivity (Wildman–Crippen MR) is 128 cm³/mol. The van der Waals surface area contributed by atoms with E-state index in [2.05, 4.69) is 14.9 Å². The van der Waals surface area contributed by atoms with Gasteiger partial charge in [-0.2, -0.15) is 0 Å². The van der Waals surface area contributed by atoms with E-state index in [9.17, 15) is 12.8 Å². The summed E-state index contributed by atoms with van der Waals surface area (Å²) in [5.74, 6) is 0.664. The molecule has 3 aromatic carbocycles. The zero-order valence-corrected chi connectivity index (χ0v) is 19.6. The largest absolute Gasteiger partial charge is 0.273 e. The summed E-state index contributed by atoms with van der Waals surface area (Å²) in [6.45, 7) is 2.01. The van der Waals surface area contributed by atoms with Crippen LogP contribution in [0.3, 0.4) is 0 Å². The van der Waals surface area contributed by atoms with Gasteiger partial charge in [0.25, 0.3) is 0 Å². The highest BCUT2D eigenvalue weighted by atomic mass is 32.2. The summed E-state index contributed by atoms with van der Waals surface area (Å²) >= 11 is 1.45. The third-order valence-corrected chi connectivity index (χ3v) is 7.22. The molecule has 1 aromatic heterocycles. The van der Waals surface area contributed by atoms with Crippen molar-refractivity contribution >= 4 is 21.8 Å². The predicted octanol–water partition coefficient (Wildman–Crippen LogP) is 4.63. The van der Waals surface area contributed by atoms with Crippen LogP contribution in [-0.2, 0) is 28.1 Å². The Labute approximate surface area is 196 Å². The van der Waals surface area contributed by atoms with Crippen LogP contribution in [0.1, 0.15) is 22.5 Å². The number of hydrogen-bond acceptors (Lipinski definition) is 5. The van der Waals surface area contributed by atoms with Gasteiger partial charge in [-0.1, -0.05) is 71.9 Å². The molecule has 4 rings (SSSR count). The van der Waals surface area contributed by atoms with Gasteiger partial charge < -0.3 is 0 Å². The molecule has 0 atom stereocenters. The number of nitrogens with zero attached hydrogens (tertiary/aromatic N) is 3. The van der Waals surface area contributed by atoms with Gasteiger partial charge in [0, 0.05) is 11.4 Å². The Hall–Kier alpha value is -3.01. The number of sulfonamides is 1. The Bertz CT molecular complexity index is 1310. The second-order valence-electron chi connectivity index (χ2n) is 7.55. The van der Waals surface area contributed by atoms with Gasteiger partial charge >= 0.3 is 0 Å². The molecule has 1 heterocycles. The quantitative estimate of drug-likeness (QED) is 0.352. The molecule has 0 aliphatic heterocycles. The molecule has 170 valence electrons. The summed E-state index contributed by atoms with van der Waals surface area (Å²) in [7, 11) is -3.56. The van der Waals surface area contributed by atoms with E-state index in [0.29, 0.717) is 22.3 Å². The van der Waals surface area contributed by atoms with Gasteiger partial charge in [0.2, 0.25) is 10.0 Å². The van der Waals surface area contributed by atoms with Crippen molar-refractivity contribution < 1.29 is 12.8 Å². The van der Waals surface area contributed by atoms with Crippen LogP contribution in [-0.4, -0.2) is 23.2 Å². The fourth-order valence-corrected chi connectivity index (χ4v) is 5.22. The van der Waals surface area contributed by atoms with Crippen molar-refractivity contribution in [2.24, 2.45) is 0 Å². The van der Waals surface area contributed by atoms with Gasteiger partial charge in [0.05, 0.1) is 12.3 Å². The van der Waals surface area contributed by atoms with Crippen molar-refractivity contribution in [3.63, 3.8) is 0 Å². The highest BCUT2D eigenvalue weighted by molar-refractivity contribution is 7.98. The zero-order valence-electron chi connectivity index (χ0n) is 18.0. The number of aryl methyl sites for hydroxylation is 1. The van der Waals surface area contributed by atoms with E-state index in [0.717, 1.165) is 16.8 Å². The Morgan fingerprint density at radius 2 is 1.61 bits per heavy atom. The summed E-state index contributed by atoms with van der Waals surface area (Å²) in [6.07, 6.45) is 0. The molecule has 4 aromatic rings. The second kappa shape index (κ2) is 10.3. The Morgan fingerprint density at radius 3 is 2.30 bits per heavy atom. The number of nitrogens with one attached hydrogen (secondary N) is 1. The van der Waals surface area contributed by atoms with Gasteiger partial charge in [-0.05, 0) is 42.3 Å². The summed E-state index contributed by atoms with van der Waals surface area (Å²) in [4.78, 5) is 0. The lowest BCUT2D eigenvalue weighted by molar-refractivity contribution is 0.577. The molecule has 0 bridgehead atoms. The maximum atomic E-state index is 13.2. The van der Waals surface area contributed by atoms with Crippen molar-refractivity contribution in [1.82, 2.24) is 19.5 Å². The van der Waals surface area contributed by atoms with E-state index in [4.69, 9.17) is 0 Å². The third kappa shape index (κ3) is 6.28. The van der Waals surface area contributed by atoms with Gasteiger partial charge in [-0.3, -0.25) is 4.57 Å². The van der Waals surface area contributed by atoms with Crippen LogP contribution < -0.4 is 4.72 Å². The lowest BCUT2D eigenvalue weighted by Crippen LogP contribution is -2.26. The van der Waals surface area contributed by atoms with Gasteiger partial charge in [0.1, 0.15) is 5.82 Å². The lowest BCUT2D eigenvalue weighted by atomic mass is 10.2. The minimum atomic E-state index is -3.56. The van der Waals surface area contributed by atoms with Crippen molar-refractivity contribution in [3.05, 3.63) is 107 Å². The first kappa shape index (κ1) is 23.2. The topological polar surface area (TPSA) is 76.9 Å². The standard InChI is InChI=1S/C24H23FN4O2S2/c1-18-7-13-22(14-8-18)29-23(15-26-33(30,31)17-20-5-3-2-4-6-20)27-28-24(29)32-16-19-9-11-21(25)12-10-19/h2-14,26H,15-17H2,1H3. The molecule has 9 heteroatoms. The smallest absolute Gasteiger partial charge is 0.216 e. The van der Waals surface area contributed by atoms with Gasteiger partial charge in [0.15, 0.2) is 11.0 Å². The molecule has 0 saturated carbocycles. The number of thioether (sulfide) groups is 1. The molecule has 0 amide bonds. The van der Waals surface area contributed by atoms with Crippen molar-refractivity contribution in [1.29, 1.82) is 0 Å². The Balaban J connectivity index is 1.55. The fraction of sp³-hybridized carbons (Fsp3) is 0.167. The monoisotopic (exact) mass is 482 g/mol. The summed E-state index contributed by atoms with van der Waals surface area (Å²) < 4.78 is 42.9. The van der Waals surface area contributed by atoms with Gasteiger partial charge in [-0.15, -0.1) is 10.2 Å². The number of hydrogen-bond donors (Lipinski definition) is 1. The molecular weight excluding hydrogens is 459 g/mol. The number of aromatic nitrogens is 3. The first-order chi connectivity index (χ1) is 15.9. The highest BCUT2D eigenvalue weighted by Crippen LogP contribution is 2.26. The zero-order chi connectivity index (χ0) is 23.3. The highest BCUT2D eigenvalue weighted by Gasteiger charge is 2.18. The maximum Gasteiger partial charge on any atom is 0.216 e. The van der Waals surface area contributed by atoms with Crippen LogP contribution in [0.2, 0.25) is 0 Å². The summed E-state index contributed by atoms with van der Waals surface area (Å²) in [6, 6.07) is 23.2. The molecule has 0 unspecified atom stereocenters. The molecule has 6 nitrogen and oxygen atoms in total. The SMILES string of the molecule is Cc1ccc(-n2c(CNS(=O)(=O)Cc3ccccc3)nnc2SCc2ccc(F)cc2)cc1. The van der Waals surface area contributed by atoms with Crippen molar-refractivity contribution in [2.75, 3.05) is 0 Å². The fourth-order valence-electron chi connectivity index (χ4n) is 3.21. The van der Waals surface area contributed by atoms with Crippen molar-refractivity contribution in [3.8, 4) is 5.69 Å². The van der Waals surface area contributed by atoms with E-state index in [-0.39, 0.29) is 18.1 Å². The van der Waals surface area contributed by atoms with E-state index in [1.54, 1.807) is 24.3 Å². The van der Waals surface area contributed by atoms with E-state index in [1.165, 1.54) is 23.9 Å². The normalized spacial score (nSPS) is 11.6. The number of halogens is 1. The molecule has 0 aliphatic carbocycles. The summed E-state index contributed by atoms with van der Waals surface area (Å²) in [5, 5.41) is 9.18. The van der Waals surface area contributed by atoms with Crippen LogP contribution in [0.15, 0.2) is 84.0 Å². The first-order valence-corrected chi connectivity index (χ1v) is 12.9. The molecule has 0 fully saturated rings. The molecule has 0 aliphatic rings. The van der Waals surface area contributed by atoms with Crippen LogP contribution in [0.25, 0.3) is 5.69 Å².